The second kappa shape index (κ2) is 3.87. The average Bonchev–Trinajstić information content (AvgIpc) is 2.65. The molecular weight excluding hydrogens is 186 g/mol. The molecule has 1 heterocycles. The summed E-state index contributed by atoms with van der Waals surface area (Å²) in [4.78, 5) is 4.13. The van der Waals surface area contributed by atoms with Gasteiger partial charge in [0.25, 0.3) is 0 Å². The van der Waals surface area contributed by atoms with E-state index in [9.17, 15) is 0 Å². The summed E-state index contributed by atoms with van der Waals surface area (Å²) in [6.07, 6.45) is 3.61. The number of aromatic nitrogens is 2. The Balaban J connectivity index is 2.49. The van der Waals surface area contributed by atoms with E-state index in [-0.39, 0.29) is 6.04 Å². The van der Waals surface area contributed by atoms with Gasteiger partial charge in [-0.05, 0) is 31.5 Å². The van der Waals surface area contributed by atoms with Crippen LogP contribution in [0.5, 0.6) is 0 Å². The monoisotopic (exact) mass is 201 g/mol. The lowest BCUT2D eigenvalue weighted by Crippen LogP contribution is -2.10. The summed E-state index contributed by atoms with van der Waals surface area (Å²) in [6, 6.07) is 8.28. The van der Waals surface area contributed by atoms with Gasteiger partial charge in [-0.2, -0.15) is 0 Å². The van der Waals surface area contributed by atoms with Crippen LogP contribution in [0.15, 0.2) is 36.8 Å². The molecule has 1 aromatic heterocycles. The molecule has 1 unspecified atom stereocenters. The van der Waals surface area contributed by atoms with Gasteiger partial charge >= 0.3 is 0 Å². The summed E-state index contributed by atoms with van der Waals surface area (Å²) in [6.45, 7) is 4.04. The molecule has 0 radical (unpaired) electrons. The first-order valence-corrected chi connectivity index (χ1v) is 5.03. The Morgan fingerprint density at radius 1 is 1.40 bits per heavy atom. The van der Waals surface area contributed by atoms with Crippen LogP contribution in [0.3, 0.4) is 0 Å². The molecule has 3 heteroatoms. The van der Waals surface area contributed by atoms with Crippen molar-refractivity contribution in [3.8, 4) is 5.69 Å². The third kappa shape index (κ3) is 1.92. The lowest BCUT2D eigenvalue weighted by Gasteiger charge is -2.11. The van der Waals surface area contributed by atoms with E-state index in [2.05, 4.69) is 30.1 Å². The second-order valence-corrected chi connectivity index (χ2v) is 3.82. The molecule has 0 amide bonds. The smallest absolute Gasteiger partial charge is 0.0994 e. The maximum Gasteiger partial charge on any atom is 0.0994 e. The highest BCUT2D eigenvalue weighted by atomic mass is 15.1. The number of hydrogen-bond acceptors (Lipinski definition) is 2. The molecular formula is C12H15N3. The van der Waals surface area contributed by atoms with Crippen LogP contribution < -0.4 is 5.73 Å². The highest BCUT2D eigenvalue weighted by Crippen LogP contribution is 2.16. The number of aryl methyl sites for hydroxylation is 1. The van der Waals surface area contributed by atoms with Crippen molar-refractivity contribution in [1.29, 1.82) is 0 Å². The van der Waals surface area contributed by atoms with E-state index < -0.39 is 0 Å². The molecule has 3 nitrogen and oxygen atoms in total. The number of rotatable bonds is 2. The normalized spacial score (nSPS) is 12.7. The van der Waals surface area contributed by atoms with E-state index in [4.69, 9.17) is 5.73 Å². The van der Waals surface area contributed by atoms with E-state index in [1.807, 2.05) is 23.8 Å². The van der Waals surface area contributed by atoms with Gasteiger partial charge in [-0.3, -0.25) is 0 Å². The van der Waals surface area contributed by atoms with Crippen LogP contribution in [0.4, 0.5) is 0 Å². The summed E-state index contributed by atoms with van der Waals surface area (Å²) < 4.78 is 2.03. The first kappa shape index (κ1) is 9.93. The van der Waals surface area contributed by atoms with Crippen LogP contribution in [-0.2, 0) is 0 Å². The third-order valence-electron chi connectivity index (χ3n) is 2.41. The molecule has 0 aliphatic heterocycles. The zero-order valence-corrected chi connectivity index (χ0v) is 9.01. The summed E-state index contributed by atoms with van der Waals surface area (Å²) >= 11 is 0. The van der Waals surface area contributed by atoms with Crippen molar-refractivity contribution in [2.75, 3.05) is 0 Å². The van der Waals surface area contributed by atoms with Gasteiger partial charge in [-0.1, -0.05) is 12.1 Å². The Hall–Kier alpha value is -1.61. The quantitative estimate of drug-likeness (QED) is 0.809. The summed E-state index contributed by atoms with van der Waals surface area (Å²) in [5.74, 6) is 0. The summed E-state index contributed by atoms with van der Waals surface area (Å²) in [7, 11) is 0. The number of nitrogens with two attached hydrogens (primary N) is 1. The van der Waals surface area contributed by atoms with Crippen LogP contribution in [0, 0.1) is 6.92 Å². The van der Waals surface area contributed by atoms with Gasteiger partial charge in [0.15, 0.2) is 0 Å². The Kier molecular flexibility index (Phi) is 2.56. The van der Waals surface area contributed by atoms with Crippen molar-refractivity contribution in [1.82, 2.24) is 9.55 Å². The van der Waals surface area contributed by atoms with E-state index in [1.165, 1.54) is 5.56 Å². The largest absolute Gasteiger partial charge is 0.323 e. The predicted octanol–water partition coefficient (Wildman–Crippen LogP) is 2.20. The van der Waals surface area contributed by atoms with Crippen molar-refractivity contribution in [2.45, 2.75) is 19.9 Å². The SMILES string of the molecule is Cc1cccc(-n2cncc2C(C)N)c1. The zero-order chi connectivity index (χ0) is 10.8. The zero-order valence-electron chi connectivity index (χ0n) is 9.01. The topological polar surface area (TPSA) is 43.8 Å². The van der Waals surface area contributed by atoms with Crippen molar-refractivity contribution < 1.29 is 0 Å². The molecule has 2 rings (SSSR count). The van der Waals surface area contributed by atoms with Gasteiger partial charge in [-0.25, -0.2) is 4.98 Å². The van der Waals surface area contributed by atoms with Crippen molar-refractivity contribution in [2.24, 2.45) is 5.73 Å². The Morgan fingerprint density at radius 2 is 2.20 bits per heavy atom. The van der Waals surface area contributed by atoms with E-state index in [0.717, 1.165) is 11.4 Å². The minimum Gasteiger partial charge on any atom is -0.323 e. The number of nitrogens with zero attached hydrogens (tertiary/aromatic N) is 2. The van der Waals surface area contributed by atoms with Crippen LogP contribution in [0.25, 0.3) is 5.69 Å². The fraction of sp³-hybridized carbons (Fsp3) is 0.250. The Morgan fingerprint density at radius 3 is 2.87 bits per heavy atom. The molecule has 0 fully saturated rings. The maximum absolute atomic E-state index is 5.87. The molecule has 0 bridgehead atoms. The fourth-order valence-electron chi connectivity index (χ4n) is 1.64. The molecule has 0 saturated carbocycles. The van der Waals surface area contributed by atoms with E-state index in [1.54, 1.807) is 6.33 Å². The fourth-order valence-corrected chi connectivity index (χ4v) is 1.64. The van der Waals surface area contributed by atoms with Crippen molar-refractivity contribution in [3.63, 3.8) is 0 Å². The molecule has 78 valence electrons. The predicted molar refractivity (Wildman–Crippen MR) is 60.9 cm³/mol. The number of imidazole rings is 1. The molecule has 0 saturated heterocycles. The molecule has 15 heavy (non-hydrogen) atoms. The van der Waals surface area contributed by atoms with Crippen molar-refractivity contribution in [3.05, 3.63) is 48.0 Å². The highest BCUT2D eigenvalue weighted by molar-refractivity contribution is 5.37. The van der Waals surface area contributed by atoms with Gasteiger partial charge in [0.05, 0.1) is 18.2 Å². The lowest BCUT2D eigenvalue weighted by molar-refractivity contribution is 0.752. The standard InChI is InChI=1S/C12H15N3/c1-9-4-3-5-11(6-9)15-8-14-7-12(15)10(2)13/h3-8,10H,13H2,1-2H3. The minimum atomic E-state index is -0.00647. The summed E-state index contributed by atoms with van der Waals surface area (Å²) in [5.41, 5.74) is 9.25. The number of hydrogen-bond donors (Lipinski definition) is 1. The molecule has 1 atom stereocenters. The average molecular weight is 201 g/mol. The van der Waals surface area contributed by atoms with Crippen LogP contribution in [0.1, 0.15) is 24.2 Å². The van der Waals surface area contributed by atoms with Crippen LogP contribution >= 0.6 is 0 Å². The summed E-state index contributed by atoms with van der Waals surface area (Å²) in [5, 5.41) is 0. The Bertz CT molecular complexity index is 457. The van der Waals surface area contributed by atoms with Crippen LogP contribution in [0.2, 0.25) is 0 Å². The lowest BCUT2D eigenvalue weighted by atomic mass is 10.2. The van der Waals surface area contributed by atoms with Gasteiger partial charge in [0.2, 0.25) is 0 Å². The molecule has 0 aliphatic carbocycles. The van der Waals surface area contributed by atoms with E-state index >= 15 is 0 Å². The molecule has 0 aliphatic rings. The van der Waals surface area contributed by atoms with Crippen molar-refractivity contribution >= 4 is 0 Å². The Labute approximate surface area is 89.6 Å². The first-order chi connectivity index (χ1) is 7.18. The first-order valence-electron chi connectivity index (χ1n) is 5.03. The van der Waals surface area contributed by atoms with Gasteiger partial charge in [0.1, 0.15) is 0 Å². The minimum absolute atomic E-state index is 0.00647. The maximum atomic E-state index is 5.87. The van der Waals surface area contributed by atoms with Crippen LogP contribution in [-0.4, -0.2) is 9.55 Å². The number of benzene rings is 1. The van der Waals surface area contributed by atoms with Gasteiger partial charge in [-0.15, -0.1) is 0 Å². The van der Waals surface area contributed by atoms with Gasteiger partial charge in [0, 0.05) is 11.7 Å². The third-order valence-corrected chi connectivity index (χ3v) is 2.41. The molecule has 2 aromatic rings. The second-order valence-electron chi connectivity index (χ2n) is 3.82. The van der Waals surface area contributed by atoms with Gasteiger partial charge < -0.3 is 10.3 Å². The molecule has 2 N–H and O–H groups in total. The molecule has 1 aromatic carbocycles. The van der Waals surface area contributed by atoms with E-state index in [0.29, 0.717) is 0 Å². The molecule has 0 spiro atoms. The highest BCUT2D eigenvalue weighted by Gasteiger charge is 2.07.